The highest BCUT2D eigenvalue weighted by atomic mass is 35.5. The number of nitrogens with one attached hydrogen (secondary N) is 1. The molecule has 18 heavy (non-hydrogen) atoms. The van der Waals surface area contributed by atoms with E-state index in [1.807, 2.05) is 0 Å². The van der Waals surface area contributed by atoms with Crippen molar-refractivity contribution in [3.63, 3.8) is 0 Å². The Bertz CT molecular complexity index is 410. The molecule has 1 aromatic rings. The third-order valence-electron chi connectivity index (χ3n) is 2.76. The average molecular weight is 271 g/mol. The predicted molar refractivity (Wildman–Crippen MR) is 72.9 cm³/mol. The van der Waals surface area contributed by atoms with Crippen molar-refractivity contribution < 1.29 is 9.90 Å². The first-order valence-electron chi connectivity index (χ1n) is 6.01. The van der Waals surface area contributed by atoms with Gasteiger partial charge in [-0.2, -0.15) is 0 Å². The smallest absolute Gasteiger partial charge is 0.252 e. The van der Waals surface area contributed by atoms with E-state index >= 15 is 0 Å². The van der Waals surface area contributed by atoms with Crippen LogP contribution in [0.25, 0.3) is 0 Å². The molecule has 4 N–H and O–H groups in total. The van der Waals surface area contributed by atoms with Crippen molar-refractivity contribution in [3.05, 3.63) is 28.8 Å². The molecule has 1 atom stereocenters. The first-order chi connectivity index (χ1) is 8.54. The van der Waals surface area contributed by atoms with Gasteiger partial charge in [-0.05, 0) is 43.5 Å². The number of phenolic OH excluding ortho intramolecular Hbond substituents is 1. The van der Waals surface area contributed by atoms with Crippen molar-refractivity contribution in [2.75, 3.05) is 13.1 Å². The minimum Gasteiger partial charge on any atom is -0.508 e. The van der Waals surface area contributed by atoms with E-state index in [9.17, 15) is 9.90 Å². The third kappa shape index (κ3) is 4.55. The van der Waals surface area contributed by atoms with E-state index in [0.29, 0.717) is 29.6 Å². The first kappa shape index (κ1) is 14.8. The molecule has 100 valence electrons. The number of benzene rings is 1. The molecule has 1 unspecified atom stereocenters. The van der Waals surface area contributed by atoms with Crippen molar-refractivity contribution >= 4 is 17.5 Å². The molecule has 4 nitrogen and oxygen atoms in total. The van der Waals surface area contributed by atoms with Crippen LogP contribution in [0.5, 0.6) is 5.75 Å². The SMILES string of the molecule is CC(CN)CCCNC(=O)c1cc(O)ccc1Cl. The molecule has 0 fully saturated rings. The molecule has 1 amide bonds. The summed E-state index contributed by atoms with van der Waals surface area (Å²) >= 11 is 5.89. The molecule has 1 rings (SSSR count). The lowest BCUT2D eigenvalue weighted by Crippen LogP contribution is -2.25. The lowest BCUT2D eigenvalue weighted by molar-refractivity contribution is 0.0952. The molecule has 0 aliphatic carbocycles. The van der Waals surface area contributed by atoms with Crippen LogP contribution >= 0.6 is 11.6 Å². The van der Waals surface area contributed by atoms with Crippen LogP contribution in [-0.4, -0.2) is 24.1 Å². The summed E-state index contributed by atoms with van der Waals surface area (Å²) < 4.78 is 0. The molecule has 0 aliphatic heterocycles. The van der Waals surface area contributed by atoms with Gasteiger partial charge < -0.3 is 16.2 Å². The number of halogens is 1. The minimum atomic E-state index is -0.267. The molecule has 0 aromatic heterocycles. The van der Waals surface area contributed by atoms with E-state index in [1.165, 1.54) is 18.2 Å². The van der Waals surface area contributed by atoms with E-state index in [-0.39, 0.29) is 11.7 Å². The monoisotopic (exact) mass is 270 g/mol. The number of aromatic hydroxyl groups is 1. The van der Waals surface area contributed by atoms with E-state index < -0.39 is 0 Å². The summed E-state index contributed by atoms with van der Waals surface area (Å²) in [5.41, 5.74) is 5.80. The fourth-order valence-electron chi connectivity index (χ4n) is 1.55. The van der Waals surface area contributed by atoms with Gasteiger partial charge in [-0.15, -0.1) is 0 Å². The maximum absolute atomic E-state index is 11.8. The van der Waals surface area contributed by atoms with E-state index in [0.717, 1.165) is 12.8 Å². The van der Waals surface area contributed by atoms with Crippen LogP contribution in [0.15, 0.2) is 18.2 Å². The normalized spacial score (nSPS) is 12.2. The summed E-state index contributed by atoms with van der Waals surface area (Å²) in [7, 11) is 0. The molecule has 0 bridgehead atoms. The molecule has 1 aromatic carbocycles. The van der Waals surface area contributed by atoms with Crippen molar-refractivity contribution in [1.82, 2.24) is 5.32 Å². The lowest BCUT2D eigenvalue weighted by atomic mass is 10.1. The first-order valence-corrected chi connectivity index (χ1v) is 6.39. The van der Waals surface area contributed by atoms with Crippen LogP contribution < -0.4 is 11.1 Å². The zero-order valence-corrected chi connectivity index (χ0v) is 11.2. The Morgan fingerprint density at radius 3 is 2.94 bits per heavy atom. The van der Waals surface area contributed by atoms with Gasteiger partial charge in [-0.25, -0.2) is 0 Å². The fourth-order valence-corrected chi connectivity index (χ4v) is 1.76. The highest BCUT2D eigenvalue weighted by Crippen LogP contribution is 2.20. The van der Waals surface area contributed by atoms with Crippen LogP contribution in [-0.2, 0) is 0 Å². The number of phenols is 1. The van der Waals surface area contributed by atoms with Gasteiger partial charge in [0.15, 0.2) is 0 Å². The van der Waals surface area contributed by atoms with Crippen LogP contribution in [0.2, 0.25) is 5.02 Å². The van der Waals surface area contributed by atoms with Gasteiger partial charge in [0.25, 0.3) is 5.91 Å². The van der Waals surface area contributed by atoms with Crippen LogP contribution in [0.4, 0.5) is 0 Å². The number of carbonyl (C=O) groups is 1. The highest BCUT2D eigenvalue weighted by Gasteiger charge is 2.10. The molecule has 0 saturated carbocycles. The van der Waals surface area contributed by atoms with Gasteiger partial charge >= 0.3 is 0 Å². The quantitative estimate of drug-likeness (QED) is 0.694. The summed E-state index contributed by atoms with van der Waals surface area (Å²) in [6.07, 6.45) is 1.85. The second-order valence-electron chi connectivity index (χ2n) is 4.40. The van der Waals surface area contributed by atoms with Gasteiger partial charge in [-0.3, -0.25) is 4.79 Å². The maximum atomic E-state index is 11.8. The maximum Gasteiger partial charge on any atom is 0.252 e. The Morgan fingerprint density at radius 1 is 1.56 bits per heavy atom. The number of carbonyl (C=O) groups excluding carboxylic acids is 1. The van der Waals surface area contributed by atoms with Crippen molar-refractivity contribution in [2.24, 2.45) is 11.7 Å². The van der Waals surface area contributed by atoms with Crippen molar-refractivity contribution in [1.29, 1.82) is 0 Å². The zero-order chi connectivity index (χ0) is 13.5. The Kier molecular flexibility index (Phi) is 5.95. The number of hydrogen-bond acceptors (Lipinski definition) is 3. The van der Waals surface area contributed by atoms with Crippen molar-refractivity contribution in [3.8, 4) is 5.75 Å². The topological polar surface area (TPSA) is 75.3 Å². The summed E-state index contributed by atoms with van der Waals surface area (Å²) in [5, 5.41) is 12.4. The van der Waals surface area contributed by atoms with E-state index in [4.69, 9.17) is 17.3 Å². The van der Waals surface area contributed by atoms with Gasteiger partial charge in [0, 0.05) is 6.54 Å². The molecule has 0 radical (unpaired) electrons. The second-order valence-corrected chi connectivity index (χ2v) is 4.81. The van der Waals surface area contributed by atoms with Crippen LogP contribution in [0, 0.1) is 5.92 Å². The minimum absolute atomic E-state index is 0.0290. The number of nitrogens with two attached hydrogens (primary N) is 1. The fraction of sp³-hybridized carbons (Fsp3) is 0.462. The molecule has 0 spiro atoms. The van der Waals surface area contributed by atoms with Crippen molar-refractivity contribution in [2.45, 2.75) is 19.8 Å². The van der Waals surface area contributed by atoms with E-state index in [1.54, 1.807) is 0 Å². The lowest BCUT2D eigenvalue weighted by Gasteiger charge is -2.09. The molecule has 0 aliphatic rings. The predicted octanol–water partition coefficient (Wildman–Crippen LogP) is 2.15. The van der Waals surface area contributed by atoms with E-state index in [2.05, 4.69) is 12.2 Å². The number of hydrogen-bond donors (Lipinski definition) is 3. The number of amides is 1. The number of rotatable bonds is 6. The summed E-state index contributed by atoms with van der Waals surface area (Å²) in [5.74, 6) is 0.226. The van der Waals surface area contributed by atoms with Crippen LogP contribution in [0.3, 0.4) is 0 Å². The molecule has 0 saturated heterocycles. The summed E-state index contributed by atoms with van der Waals surface area (Å²) in [6, 6.07) is 4.31. The molecular formula is C13H19ClN2O2. The Balaban J connectivity index is 2.43. The van der Waals surface area contributed by atoms with Gasteiger partial charge in [0.2, 0.25) is 0 Å². The zero-order valence-electron chi connectivity index (χ0n) is 10.4. The molecular weight excluding hydrogens is 252 g/mol. The Morgan fingerprint density at radius 2 is 2.28 bits per heavy atom. The Labute approximate surface area is 112 Å². The summed E-state index contributed by atoms with van der Waals surface area (Å²) in [6.45, 7) is 3.31. The third-order valence-corrected chi connectivity index (χ3v) is 3.09. The molecule has 5 heteroatoms. The summed E-state index contributed by atoms with van der Waals surface area (Å²) in [4.78, 5) is 11.8. The van der Waals surface area contributed by atoms with Gasteiger partial charge in [0.05, 0.1) is 10.6 Å². The average Bonchev–Trinajstić information content (AvgIpc) is 2.36. The Hall–Kier alpha value is -1.26. The van der Waals surface area contributed by atoms with Gasteiger partial charge in [-0.1, -0.05) is 18.5 Å². The molecule has 0 heterocycles. The van der Waals surface area contributed by atoms with Crippen LogP contribution in [0.1, 0.15) is 30.1 Å². The standard InChI is InChI=1S/C13H19ClN2O2/c1-9(8-15)3-2-6-16-13(18)11-7-10(17)4-5-12(11)14/h4-5,7,9,17H,2-3,6,8,15H2,1H3,(H,16,18). The second kappa shape index (κ2) is 7.24. The van der Waals surface area contributed by atoms with Gasteiger partial charge in [0.1, 0.15) is 5.75 Å². The largest absolute Gasteiger partial charge is 0.508 e. The highest BCUT2D eigenvalue weighted by molar-refractivity contribution is 6.33.